The Labute approximate surface area is 179 Å². The van der Waals surface area contributed by atoms with Crippen molar-refractivity contribution in [3.05, 3.63) is 41.7 Å². The molecule has 2 aliphatic rings. The summed E-state index contributed by atoms with van der Waals surface area (Å²) in [6.07, 6.45) is 6.87. The molecule has 0 spiro atoms. The zero-order chi connectivity index (χ0) is 20.8. The number of hydrogen-bond acceptors (Lipinski definition) is 7. The number of aromatic nitrogens is 2. The van der Waals surface area contributed by atoms with E-state index < -0.39 is 0 Å². The molecule has 2 saturated heterocycles. The summed E-state index contributed by atoms with van der Waals surface area (Å²) in [4.78, 5) is 14.0. The normalized spacial score (nSPS) is 18.9. The lowest BCUT2D eigenvalue weighted by molar-refractivity contribution is 0.0674. The van der Waals surface area contributed by atoms with Gasteiger partial charge in [-0.25, -0.2) is 9.97 Å². The molecule has 0 unspecified atom stereocenters. The second kappa shape index (κ2) is 10.1. The van der Waals surface area contributed by atoms with Gasteiger partial charge in [-0.1, -0.05) is 6.07 Å². The van der Waals surface area contributed by atoms with Crippen molar-refractivity contribution in [2.75, 3.05) is 45.4 Å². The first kappa shape index (κ1) is 20.9. The minimum Gasteiger partial charge on any atom is -0.493 e. The maximum atomic E-state index is 5.92. The van der Waals surface area contributed by atoms with Gasteiger partial charge in [0, 0.05) is 45.5 Å². The van der Waals surface area contributed by atoms with Gasteiger partial charge in [0.1, 0.15) is 0 Å². The van der Waals surface area contributed by atoms with Gasteiger partial charge in [-0.2, -0.15) is 0 Å². The number of hydrogen-bond donors (Lipinski definition) is 0. The van der Waals surface area contributed by atoms with E-state index in [1.807, 2.05) is 18.3 Å². The van der Waals surface area contributed by atoms with Crippen LogP contribution in [0.4, 0.5) is 5.95 Å². The van der Waals surface area contributed by atoms with E-state index in [1.165, 1.54) is 18.4 Å². The third-order valence-electron chi connectivity index (χ3n) is 5.82. The van der Waals surface area contributed by atoms with E-state index in [9.17, 15) is 0 Å². The van der Waals surface area contributed by atoms with Crippen LogP contribution in [0.1, 0.15) is 36.9 Å². The van der Waals surface area contributed by atoms with Crippen LogP contribution in [0.3, 0.4) is 0 Å². The maximum absolute atomic E-state index is 5.92. The Morgan fingerprint density at radius 3 is 2.63 bits per heavy atom. The average Bonchev–Trinajstić information content (AvgIpc) is 3.48. The second-order valence-corrected chi connectivity index (χ2v) is 8.04. The number of anilines is 1. The summed E-state index contributed by atoms with van der Waals surface area (Å²) in [6.45, 7) is 5.41. The van der Waals surface area contributed by atoms with Crippen LogP contribution >= 0.6 is 0 Å². The van der Waals surface area contributed by atoms with Crippen molar-refractivity contribution in [1.82, 2.24) is 14.9 Å². The van der Waals surface area contributed by atoms with Gasteiger partial charge >= 0.3 is 0 Å². The zero-order valence-corrected chi connectivity index (χ0v) is 18.0. The predicted octanol–water partition coefficient (Wildman–Crippen LogP) is 3.28. The Kier molecular flexibility index (Phi) is 7.02. The van der Waals surface area contributed by atoms with Crippen molar-refractivity contribution in [1.29, 1.82) is 0 Å². The number of ether oxygens (including phenoxy) is 3. The van der Waals surface area contributed by atoms with Gasteiger partial charge in [0.2, 0.25) is 5.95 Å². The van der Waals surface area contributed by atoms with Gasteiger partial charge in [-0.15, -0.1) is 0 Å². The van der Waals surface area contributed by atoms with Gasteiger partial charge in [-0.05, 0) is 49.4 Å². The first-order chi connectivity index (χ1) is 14.7. The summed E-state index contributed by atoms with van der Waals surface area (Å²) >= 11 is 0. The third-order valence-corrected chi connectivity index (χ3v) is 5.82. The summed E-state index contributed by atoms with van der Waals surface area (Å²) in [6, 6.07) is 8.14. The van der Waals surface area contributed by atoms with Crippen LogP contribution in [-0.4, -0.2) is 61.4 Å². The molecule has 0 radical (unpaired) electrons. The molecule has 7 nitrogen and oxygen atoms in total. The van der Waals surface area contributed by atoms with Gasteiger partial charge < -0.3 is 19.1 Å². The molecule has 0 saturated carbocycles. The summed E-state index contributed by atoms with van der Waals surface area (Å²) in [5, 5.41) is 0. The first-order valence-corrected chi connectivity index (χ1v) is 10.9. The SMILES string of the molecule is COc1ccc(CN(Cc2ccnc(N3CCCC3)n2)C[C@H]2CCCO2)cc1OC. The molecule has 2 aliphatic heterocycles. The highest BCUT2D eigenvalue weighted by molar-refractivity contribution is 5.42. The predicted molar refractivity (Wildman–Crippen MR) is 116 cm³/mol. The van der Waals surface area contributed by atoms with Crippen LogP contribution < -0.4 is 14.4 Å². The molecular formula is C23H32N4O3. The van der Waals surface area contributed by atoms with Crippen LogP contribution in [0.25, 0.3) is 0 Å². The van der Waals surface area contributed by atoms with Gasteiger partial charge in [-0.3, -0.25) is 4.90 Å². The van der Waals surface area contributed by atoms with Gasteiger partial charge in [0.05, 0.1) is 26.0 Å². The fraction of sp³-hybridized carbons (Fsp3) is 0.565. The molecule has 162 valence electrons. The van der Waals surface area contributed by atoms with Crippen molar-refractivity contribution in [3.8, 4) is 11.5 Å². The Morgan fingerprint density at radius 2 is 1.90 bits per heavy atom. The molecule has 1 aromatic carbocycles. The summed E-state index contributed by atoms with van der Waals surface area (Å²) in [5.74, 6) is 2.36. The van der Waals surface area contributed by atoms with Crippen molar-refractivity contribution in [2.45, 2.75) is 44.9 Å². The molecule has 7 heteroatoms. The molecular weight excluding hydrogens is 380 g/mol. The molecule has 30 heavy (non-hydrogen) atoms. The van der Waals surface area contributed by atoms with Crippen LogP contribution in [0.15, 0.2) is 30.5 Å². The zero-order valence-electron chi connectivity index (χ0n) is 18.0. The minimum atomic E-state index is 0.282. The van der Waals surface area contributed by atoms with Crippen molar-refractivity contribution in [2.24, 2.45) is 0 Å². The largest absolute Gasteiger partial charge is 0.493 e. The number of benzene rings is 1. The minimum absolute atomic E-state index is 0.282. The molecule has 0 N–H and O–H groups in total. The highest BCUT2D eigenvalue weighted by Crippen LogP contribution is 2.28. The molecule has 0 aliphatic carbocycles. The van der Waals surface area contributed by atoms with Crippen LogP contribution in [0.5, 0.6) is 11.5 Å². The molecule has 0 amide bonds. The average molecular weight is 413 g/mol. The lowest BCUT2D eigenvalue weighted by Gasteiger charge is -2.26. The number of nitrogens with zero attached hydrogens (tertiary/aromatic N) is 4. The van der Waals surface area contributed by atoms with E-state index in [0.717, 1.165) is 75.3 Å². The number of rotatable bonds is 9. The van der Waals surface area contributed by atoms with Crippen LogP contribution in [0, 0.1) is 0 Å². The summed E-state index contributed by atoms with van der Waals surface area (Å²) in [7, 11) is 3.33. The van der Waals surface area contributed by atoms with Crippen molar-refractivity contribution in [3.63, 3.8) is 0 Å². The Balaban J connectivity index is 1.50. The van der Waals surface area contributed by atoms with E-state index in [4.69, 9.17) is 19.2 Å². The van der Waals surface area contributed by atoms with Crippen molar-refractivity contribution < 1.29 is 14.2 Å². The monoisotopic (exact) mass is 412 g/mol. The molecule has 3 heterocycles. The van der Waals surface area contributed by atoms with Gasteiger partial charge in [0.25, 0.3) is 0 Å². The molecule has 2 fully saturated rings. The van der Waals surface area contributed by atoms with E-state index in [2.05, 4.69) is 26.9 Å². The van der Waals surface area contributed by atoms with Crippen LogP contribution in [0.2, 0.25) is 0 Å². The smallest absolute Gasteiger partial charge is 0.225 e. The highest BCUT2D eigenvalue weighted by Gasteiger charge is 2.21. The fourth-order valence-electron chi connectivity index (χ4n) is 4.27. The first-order valence-electron chi connectivity index (χ1n) is 10.9. The topological polar surface area (TPSA) is 60.0 Å². The van der Waals surface area contributed by atoms with E-state index in [1.54, 1.807) is 14.2 Å². The van der Waals surface area contributed by atoms with Crippen molar-refractivity contribution >= 4 is 5.95 Å². The summed E-state index contributed by atoms with van der Waals surface area (Å²) < 4.78 is 16.8. The molecule has 4 rings (SSSR count). The third kappa shape index (κ3) is 5.21. The van der Waals surface area contributed by atoms with E-state index >= 15 is 0 Å². The number of methoxy groups -OCH3 is 2. The molecule has 2 aromatic rings. The summed E-state index contributed by atoms with van der Waals surface area (Å²) in [5.41, 5.74) is 2.23. The molecule has 1 atom stereocenters. The fourth-order valence-corrected chi connectivity index (χ4v) is 4.27. The second-order valence-electron chi connectivity index (χ2n) is 8.04. The van der Waals surface area contributed by atoms with Gasteiger partial charge in [0.15, 0.2) is 11.5 Å². The Hall–Kier alpha value is -2.38. The lowest BCUT2D eigenvalue weighted by Crippen LogP contribution is -2.32. The van der Waals surface area contributed by atoms with Crippen LogP contribution in [-0.2, 0) is 17.8 Å². The maximum Gasteiger partial charge on any atom is 0.225 e. The molecule has 0 bridgehead atoms. The Morgan fingerprint density at radius 1 is 1.07 bits per heavy atom. The molecule has 1 aromatic heterocycles. The Bertz CT molecular complexity index is 820. The highest BCUT2D eigenvalue weighted by atomic mass is 16.5. The van der Waals surface area contributed by atoms with E-state index in [-0.39, 0.29) is 6.10 Å². The quantitative estimate of drug-likeness (QED) is 0.626. The van der Waals surface area contributed by atoms with E-state index in [0.29, 0.717) is 0 Å². The standard InChI is InChI=1S/C23H32N4O3/c1-28-21-8-7-18(14-22(21)29-2)15-26(17-20-6-5-13-30-20)16-19-9-10-24-23(25-19)27-11-3-4-12-27/h7-10,14,20H,3-6,11-13,15-17H2,1-2H3/t20-/m1/s1. The lowest BCUT2D eigenvalue weighted by atomic mass is 10.1.